The van der Waals surface area contributed by atoms with Crippen LogP contribution in [0, 0.1) is 0 Å². The van der Waals surface area contributed by atoms with Crippen LogP contribution in [0.4, 0.5) is 0 Å². The summed E-state index contributed by atoms with van der Waals surface area (Å²) in [5.74, 6) is 0.000882. The summed E-state index contributed by atoms with van der Waals surface area (Å²) in [7, 11) is 0. The summed E-state index contributed by atoms with van der Waals surface area (Å²) in [6.45, 7) is 7.52. The molecule has 0 radical (unpaired) electrons. The molecule has 0 spiro atoms. The van der Waals surface area contributed by atoms with Crippen LogP contribution >= 0.6 is 0 Å². The van der Waals surface area contributed by atoms with Crippen molar-refractivity contribution in [2.24, 2.45) is 0 Å². The largest absolute Gasteiger partial charge is 0.375 e. The van der Waals surface area contributed by atoms with Crippen LogP contribution in [0.5, 0.6) is 0 Å². The monoisotopic (exact) mass is 155 g/mol. The minimum absolute atomic E-state index is 0.000882. The number of hydrogen-bond acceptors (Lipinski definition) is 2. The Hall–Kier alpha value is -0.830. The lowest BCUT2D eigenvalue weighted by atomic mass is 10.1. The van der Waals surface area contributed by atoms with Crippen LogP contribution in [0.2, 0.25) is 0 Å². The molecule has 1 fully saturated rings. The molecular weight excluding hydrogens is 142 g/mol. The third-order valence-corrected chi connectivity index (χ3v) is 1.74. The molecule has 0 aromatic rings. The molecule has 3 heteroatoms. The minimum atomic E-state index is 0.000882. The van der Waals surface area contributed by atoms with Gasteiger partial charge in [-0.05, 0) is 13.0 Å². The zero-order valence-electron chi connectivity index (χ0n) is 6.75. The van der Waals surface area contributed by atoms with E-state index in [1.807, 2.05) is 6.92 Å². The van der Waals surface area contributed by atoms with Gasteiger partial charge in [0.25, 0.3) is 0 Å². The van der Waals surface area contributed by atoms with Gasteiger partial charge in [0.15, 0.2) is 0 Å². The maximum absolute atomic E-state index is 10.9. The van der Waals surface area contributed by atoms with Gasteiger partial charge in [-0.1, -0.05) is 6.58 Å². The van der Waals surface area contributed by atoms with Crippen molar-refractivity contribution in [2.75, 3.05) is 19.7 Å². The quantitative estimate of drug-likeness (QED) is 0.553. The van der Waals surface area contributed by atoms with Crippen LogP contribution in [0.15, 0.2) is 12.7 Å². The fourth-order valence-corrected chi connectivity index (χ4v) is 1.09. The lowest BCUT2D eigenvalue weighted by Gasteiger charge is -2.37. The van der Waals surface area contributed by atoms with Gasteiger partial charge in [-0.3, -0.25) is 4.79 Å². The molecule has 1 aliphatic heterocycles. The van der Waals surface area contributed by atoms with E-state index in [9.17, 15) is 4.79 Å². The van der Waals surface area contributed by atoms with E-state index in [0.717, 1.165) is 19.7 Å². The Labute approximate surface area is 66.6 Å². The lowest BCUT2D eigenvalue weighted by molar-refractivity contribution is -0.139. The van der Waals surface area contributed by atoms with Crippen molar-refractivity contribution < 1.29 is 9.53 Å². The summed E-state index contributed by atoms with van der Waals surface area (Å²) in [5.41, 5.74) is 0. The summed E-state index contributed by atoms with van der Waals surface area (Å²) < 4.78 is 5.27. The first-order chi connectivity index (χ1) is 5.27. The second-order valence-electron chi connectivity index (χ2n) is 2.52. The van der Waals surface area contributed by atoms with E-state index in [1.165, 1.54) is 6.08 Å². The van der Waals surface area contributed by atoms with Gasteiger partial charge in [-0.15, -0.1) is 0 Å². The standard InChI is InChI=1S/C8H13NO2/c1-3-8(10)9-5-7(6-9)11-4-2/h3,7H,1,4-6H2,2H3. The highest BCUT2D eigenvalue weighted by molar-refractivity contribution is 5.87. The summed E-state index contributed by atoms with van der Waals surface area (Å²) in [4.78, 5) is 12.6. The van der Waals surface area contributed by atoms with E-state index in [2.05, 4.69) is 6.58 Å². The number of nitrogens with zero attached hydrogens (tertiary/aromatic N) is 1. The van der Waals surface area contributed by atoms with Crippen molar-refractivity contribution in [3.63, 3.8) is 0 Å². The Bertz CT molecular complexity index is 161. The highest BCUT2D eigenvalue weighted by Gasteiger charge is 2.29. The van der Waals surface area contributed by atoms with Gasteiger partial charge in [0.05, 0.1) is 6.10 Å². The highest BCUT2D eigenvalue weighted by Crippen LogP contribution is 2.11. The van der Waals surface area contributed by atoms with E-state index in [4.69, 9.17) is 4.74 Å². The topological polar surface area (TPSA) is 29.5 Å². The average Bonchev–Trinajstić information content (AvgIpc) is 1.94. The van der Waals surface area contributed by atoms with Gasteiger partial charge in [0, 0.05) is 19.7 Å². The lowest BCUT2D eigenvalue weighted by Crippen LogP contribution is -2.54. The van der Waals surface area contributed by atoms with Crippen LogP contribution in [0.1, 0.15) is 6.92 Å². The molecule has 1 heterocycles. The first-order valence-electron chi connectivity index (χ1n) is 3.81. The van der Waals surface area contributed by atoms with Crippen LogP contribution in [-0.4, -0.2) is 36.6 Å². The van der Waals surface area contributed by atoms with Crippen LogP contribution in [-0.2, 0) is 9.53 Å². The van der Waals surface area contributed by atoms with Gasteiger partial charge in [-0.25, -0.2) is 0 Å². The van der Waals surface area contributed by atoms with Crippen LogP contribution in [0.25, 0.3) is 0 Å². The third kappa shape index (κ3) is 1.80. The molecule has 11 heavy (non-hydrogen) atoms. The maximum Gasteiger partial charge on any atom is 0.246 e. The molecule has 1 rings (SSSR count). The van der Waals surface area contributed by atoms with Crippen LogP contribution < -0.4 is 0 Å². The summed E-state index contributed by atoms with van der Waals surface area (Å²) in [5, 5.41) is 0. The number of ether oxygens (including phenoxy) is 1. The van der Waals surface area contributed by atoms with E-state index in [-0.39, 0.29) is 12.0 Å². The maximum atomic E-state index is 10.9. The number of likely N-dealkylation sites (tertiary alicyclic amines) is 1. The fraction of sp³-hybridized carbons (Fsp3) is 0.625. The first-order valence-corrected chi connectivity index (χ1v) is 3.81. The van der Waals surface area contributed by atoms with Crippen molar-refractivity contribution in [1.82, 2.24) is 4.90 Å². The molecule has 62 valence electrons. The SMILES string of the molecule is C=CC(=O)N1CC(OCC)C1. The summed E-state index contributed by atoms with van der Waals surface area (Å²) in [6.07, 6.45) is 1.59. The molecule has 0 bridgehead atoms. The van der Waals surface area contributed by atoms with Crippen molar-refractivity contribution in [2.45, 2.75) is 13.0 Å². The smallest absolute Gasteiger partial charge is 0.246 e. The molecule has 0 aromatic carbocycles. The van der Waals surface area contributed by atoms with Gasteiger partial charge < -0.3 is 9.64 Å². The molecule has 0 aromatic heterocycles. The van der Waals surface area contributed by atoms with Gasteiger partial charge >= 0.3 is 0 Å². The Kier molecular flexibility index (Phi) is 2.65. The normalized spacial score (nSPS) is 17.7. The fourth-order valence-electron chi connectivity index (χ4n) is 1.09. The molecule has 0 atom stereocenters. The van der Waals surface area contributed by atoms with Gasteiger partial charge in [-0.2, -0.15) is 0 Å². The molecule has 3 nitrogen and oxygen atoms in total. The number of rotatable bonds is 3. The van der Waals surface area contributed by atoms with E-state index in [0.29, 0.717) is 0 Å². The average molecular weight is 155 g/mol. The second kappa shape index (κ2) is 3.53. The number of hydrogen-bond donors (Lipinski definition) is 0. The molecule has 1 aliphatic rings. The Morgan fingerprint density at radius 2 is 2.45 bits per heavy atom. The number of carbonyl (C=O) groups excluding carboxylic acids is 1. The highest BCUT2D eigenvalue weighted by atomic mass is 16.5. The zero-order chi connectivity index (χ0) is 8.27. The van der Waals surface area contributed by atoms with E-state index >= 15 is 0 Å². The molecule has 1 amide bonds. The molecule has 0 saturated carbocycles. The molecular formula is C8H13NO2. The summed E-state index contributed by atoms with van der Waals surface area (Å²) in [6, 6.07) is 0. The van der Waals surface area contributed by atoms with E-state index < -0.39 is 0 Å². The predicted molar refractivity (Wildman–Crippen MR) is 42.2 cm³/mol. The van der Waals surface area contributed by atoms with Crippen molar-refractivity contribution in [3.05, 3.63) is 12.7 Å². The predicted octanol–water partition coefficient (Wildman–Crippen LogP) is 0.420. The van der Waals surface area contributed by atoms with Crippen LogP contribution in [0.3, 0.4) is 0 Å². The first kappa shape index (κ1) is 8.27. The van der Waals surface area contributed by atoms with E-state index in [1.54, 1.807) is 4.90 Å². The number of carbonyl (C=O) groups is 1. The number of amides is 1. The minimum Gasteiger partial charge on any atom is -0.375 e. The van der Waals surface area contributed by atoms with Gasteiger partial charge in [0.1, 0.15) is 0 Å². The summed E-state index contributed by atoms with van der Waals surface area (Å²) >= 11 is 0. The Morgan fingerprint density at radius 1 is 1.82 bits per heavy atom. The molecule has 0 N–H and O–H groups in total. The molecule has 1 saturated heterocycles. The van der Waals surface area contributed by atoms with Crippen molar-refractivity contribution in [3.8, 4) is 0 Å². The second-order valence-corrected chi connectivity index (χ2v) is 2.52. The van der Waals surface area contributed by atoms with Crippen molar-refractivity contribution in [1.29, 1.82) is 0 Å². The molecule has 0 aliphatic carbocycles. The van der Waals surface area contributed by atoms with Gasteiger partial charge in [0.2, 0.25) is 5.91 Å². The Morgan fingerprint density at radius 3 is 2.91 bits per heavy atom. The zero-order valence-corrected chi connectivity index (χ0v) is 6.75. The Balaban J connectivity index is 2.18. The molecule has 0 unspecified atom stereocenters. The third-order valence-electron chi connectivity index (χ3n) is 1.74. The van der Waals surface area contributed by atoms with Crippen molar-refractivity contribution >= 4 is 5.91 Å².